The number of benzene rings is 1. The highest BCUT2D eigenvalue weighted by Crippen LogP contribution is 2.19. The zero-order valence-corrected chi connectivity index (χ0v) is 9.56. The minimum atomic E-state index is -0.205. The van der Waals surface area contributed by atoms with E-state index >= 15 is 0 Å². The second kappa shape index (κ2) is 6.82. The van der Waals surface area contributed by atoms with Gasteiger partial charge in [-0.3, -0.25) is 0 Å². The van der Waals surface area contributed by atoms with Crippen molar-refractivity contribution in [2.24, 2.45) is 0 Å². The first kappa shape index (κ1) is 12.5. The average Bonchev–Trinajstić information content (AvgIpc) is 2.24. The van der Waals surface area contributed by atoms with Gasteiger partial charge in [-0.05, 0) is 31.7 Å². The van der Waals surface area contributed by atoms with E-state index in [1.54, 1.807) is 17.8 Å². The van der Waals surface area contributed by atoms with E-state index in [0.717, 1.165) is 17.1 Å². The minimum absolute atomic E-state index is 0.176. The van der Waals surface area contributed by atoms with Crippen molar-refractivity contribution in [3.05, 3.63) is 30.1 Å². The highest BCUT2D eigenvalue weighted by Gasteiger charge is 2.05. The van der Waals surface area contributed by atoms with Crippen LogP contribution in [0.25, 0.3) is 0 Å². The molecule has 0 saturated heterocycles. The molecule has 0 saturated carbocycles. The number of rotatable bonds is 6. The smallest absolute Gasteiger partial charge is 0.124 e. The summed E-state index contributed by atoms with van der Waals surface area (Å²) in [5, 5.41) is 11.9. The molecule has 1 aromatic rings. The zero-order valence-electron chi connectivity index (χ0n) is 8.74. The highest BCUT2D eigenvalue weighted by atomic mass is 32.2. The van der Waals surface area contributed by atoms with Crippen LogP contribution in [-0.2, 0) is 0 Å². The Hall–Kier alpha value is -0.580. The lowest BCUT2D eigenvalue weighted by Crippen LogP contribution is -2.28. The predicted octanol–water partition coefficient (Wildman–Crippen LogP) is 1.89. The van der Waals surface area contributed by atoms with Gasteiger partial charge in [-0.1, -0.05) is 6.07 Å². The summed E-state index contributed by atoms with van der Waals surface area (Å²) >= 11 is 1.59. The van der Waals surface area contributed by atoms with Gasteiger partial charge in [0.05, 0.1) is 0 Å². The van der Waals surface area contributed by atoms with Gasteiger partial charge >= 0.3 is 0 Å². The average molecular weight is 229 g/mol. The summed E-state index contributed by atoms with van der Waals surface area (Å²) in [7, 11) is 1.87. The lowest BCUT2D eigenvalue weighted by Gasteiger charge is -2.13. The van der Waals surface area contributed by atoms with Crippen molar-refractivity contribution in [1.82, 2.24) is 5.32 Å². The van der Waals surface area contributed by atoms with Crippen LogP contribution in [0.15, 0.2) is 29.2 Å². The maximum atomic E-state index is 12.9. The zero-order chi connectivity index (χ0) is 11.1. The van der Waals surface area contributed by atoms with Crippen molar-refractivity contribution in [1.29, 1.82) is 0 Å². The third kappa shape index (κ3) is 4.64. The molecule has 4 heteroatoms. The van der Waals surface area contributed by atoms with Crippen molar-refractivity contribution in [3.63, 3.8) is 0 Å². The van der Waals surface area contributed by atoms with Crippen molar-refractivity contribution < 1.29 is 9.50 Å². The van der Waals surface area contributed by atoms with E-state index in [9.17, 15) is 4.39 Å². The summed E-state index contributed by atoms with van der Waals surface area (Å²) in [6.07, 6.45) is 0.721. The molecule has 0 aliphatic heterocycles. The van der Waals surface area contributed by atoms with Crippen LogP contribution in [0, 0.1) is 5.82 Å². The maximum Gasteiger partial charge on any atom is 0.124 e. The van der Waals surface area contributed by atoms with Gasteiger partial charge in [0.2, 0.25) is 0 Å². The van der Waals surface area contributed by atoms with Crippen LogP contribution in [-0.4, -0.2) is 30.6 Å². The first-order valence-electron chi connectivity index (χ1n) is 4.92. The Bertz CT molecular complexity index is 296. The molecule has 1 atom stereocenters. The van der Waals surface area contributed by atoms with Crippen LogP contribution in [0.3, 0.4) is 0 Å². The molecular formula is C11H16FNOS. The second-order valence-corrected chi connectivity index (χ2v) is 4.36. The first-order chi connectivity index (χ1) is 7.26. The van der Waals surface area contributed by atoms with E-state index in [0.29, 0.717) is 0 Å². The summed E-state index contributed by atoms with van der Waals surface area (Å²) in [6.45, 7) is 0.176. The van der Waals surface area contributed by atoms with Gasteiger partial charge in [0.25, 0.3) is 0 Å². The van der Waals surface area contributed by atoms with E-state index in [2.05, 4.69) is 5.32 Å². The molecule has 0 spiro atoms. The second-order valence-electron chi connectivity index (χ2n) is 3.27. The molecule has 0 aliphatic carbocycles. The molecule has 0 heterocycles. The fraction of sp³-hybridized carbons (Fsp3) is 0.455. The van der Waals surface area contributed by atoms with Gasteiger partial charge < -0.3 is 10.4 Å². The van der Waals surface area contributed by atoms with Crippen molar-refractivity contribution in [2.45, 2.75) is 17.4 Å². The van der Waals surface area contributed by atoms with E-state index in [1.807, 2.05) is 13.1 Å². The van der Waals surface area contributed by atoms with E-state index in [1.165, 1.54) is 12.1 Å². The number of aliphatic hydroxyl groups excluding tert-OH is 1. The topological polar surface area (TPSA) is 32.3 Å². The Kier molecular flexibility index (Phi) is 5.68. The lowest BCUT2D eigenvalue weighted by atomic mass is 10.2. The standard InChI is InChI=1S/C11H16FNOS/c1-13-10(5-6-14)8-15-11-4-2-3-9(12)7-11/h2-4,7,10,13-14H,5-6,8H2,1H3. The fourth-order valence-electron chi connectivity index (χ4n) is 1.22. The van der Waals surface area contributed by atoms with Crippen molar-refractivity contribution in [2.75, 3.05) is 19.4 Å². The molecule has 0 amide bonds. The molecule has 0 radical (unpaired) electrons. The first-order valence-corrected chi connectivity index (χ1v) is 5.91. The Balaban J connectivity index is 2.41. The number of halogens is 1. The monoisotopic (exact) mass is 229 g/mol. The molecule has 1 aromatic carbocycles. The number of thioether (sulfide) groups is 1. The summed E-state index contributed by atoms with van der Waals surface area (Å²) in [5.74, 6) is 0.628. The summed E-state index contributed by atoms with van der Waals surface area (Å²) < 4.78 is 12.9. The quantitative estimate of drug-likeness (QED) is 0.731. The minimum Gasteiger partial charge on any atom is -0.396 e. The number of hydrogen-bond acceptors (Lipinski definition) is 3. The summed E-state index contributed by atoms with van der Waals surface area (Å²) in [6, 6.07) is 6.82. The van der Waals surface area contributed by atoms with Gasteiger partial charge in [0.15, 0.2) is 0 Å². The normalized spacial score (nSPS) is 12.7. The fourth-order valence-corrected chi connectivity index (χ4v) is 2.32. The van der Waals surface area contributed by atoms with Crippen molar-refractivity contribution >= 4 is 11.8 Å². The number of hydrogen-bond donors (Lipinski definition) is 2. The third-order valence-corrected chi connectivity index (χ3v) is 3.29. The molecule has 0 bridgehead atoms. The van der Waals surface area contributed by atoms with Crippen LogP contribution in [0.4, 0.5) is 4.39 Å². The van der Waals surface area contributed by atoms with Crippen LogP contribution >= 0.6 is 11.8 Å². The molecule has 15 heavy (non-hydrogen) atoms. The molecule has 84 valence electrons. The van der Waals surface area contributed by atoms with Gasteiger partial charge in [-0.15, -0.1) is 11.8 Å². The van der Waals surface area contributed by atoms with Crippen LogP contribution in [0.2, 0.25) is 0 Å². The van der Waals surface area contributed by atoms with Gasteiger partial charge in [-0.2, -0.15) is 0 Å². The molecule has 1 unspecified atom stereocenters. The lowest BCUT2D eigenvalue weighted by molar-refractivity contribution is 0.273. The van der Waals surface area contributed by atoms with Crippen LogP contribution < -0.4 is 5.32 Å². The van der Waals surface area contributed by atoms with E-state index in [4.69, 9.17) is 5.11 Å². The van der Waals surface area contributed by atoms with E-state index < -0.39 is 0 Å². The Labute approximate surface area is 93.9 Å². The third-order valence-electron chi connectivity index (χ3n) is 2.13. The summed E-state index contributed by atoms with van der Waals surface area (Å²) in [4.78, 5) is 0.924. The van der Waals surface area contributed by atoms with Crippen molar-refractivity contribution in [3.8, 4) is 0 Å². The molecule has 1 rings (SSSR count). The van der Waals surface area contributed by atoms with Gasteiger partial charge in [0, 0.05) is 23.3 Å². The Morgan fingerprint density at radius 1 is 1.53 bits per heavy atom. The van der Waals surface area contributed by atoms with Gasteiger partial charge in [-0.25, -0.2) is 4.39 Å². The molecule has 0 aliphatic rings. The van der Waals surface area contributed by atoms with E-state index in [-0.39, 0.29) is 18.5 Å². The largest absolute Gasteiger partial charge is 0.396 e. The molecule has 2 nitrogen and oxygen atoms in total. The predicted molar refractivity (Wildman–Crippen MR) is 61.7 cm³/mol. The van der Waals surface area contributed by atoms with Crippen LogP contribution in [0.5, 0.6) is 0 Å². The summed E-state index contributed by atoms with van der Waals surface area (Å²) in [5.41, 5.74) is 0. The molecule has 2 N–H and O–H groups in total. The Morgan fingerprint density at radius 3 is 2.93 bits per heavy atom. The molecule has 0 fully saturated rings. The van der Waals surface area contributed by atoms with Gasteiger partial charge in [0.1, 0.15) is 5.82 Å². The Morgan fingerprint density at radius 2 is 2.33 bits per heavy atom. The SMILES string of the molecule is CNC(CCO)CSc1cccc(F)c1. The molecular weight excluding hydrogens is 213 g/mol. The highest BCUT2D eigenvalue weighted by molar-refractivity contribution is 7.99. The number of aliphatic hydroxyl groups is 1. The number of nitrogens with one attached hydrogen (secondary N) is 1. The molecule has 0 aromatic heterocycles. The van der Waals surface area contributed by atoms with Crippen LogP contribution in [0.1, 0.15) is 6.42 Å². The maximum absolute atomic E-state index is 12.9.